The number of rotatable bonds is 17. The van der Waals surface area contributed by atoms with E-state index in [4.69, 9.17) is 16.6 Å². The number of para-hydroxylation sites is 2. The third-order valence-corrected chi connectivity index (χ3v) is 8.75. The lowest BCUT2D eigenvalue weighted by atomic mass is 10.1. The number of unbranched alkanes of at least 4 members (excludes halogenated alkanes) is 10. The van der Waals surface area contributed by atoms with Gasteiger partial charge in [0, 0.05) is 12.1 Å². The van der Waals surface area contributed by atoms with Crippen molar-refractivity contribution in [2.24, 2.45) is 4.99 Å². The number of hydrazine groups is 1. The quantitative estimate of drug-likeness (QED) is 0.113. The van der Waals surface area contributed by atoms with Crippen molar-refractivity contribution in [3.8, 4) is 0 Å². The fourth-order valence-corrected chi connectivity index (χ4v) is 6.06. The Bertz CT molecular complexity index is 1620. The maximum absolute atomic E-state index is 13.8. The van der Waals surface area contributed by atoms with Gasteiger partial charge in [-0.1, -0.05) is 125 Å². The van der Waals surface area contributed by atoms with Crippen LogP contribution in [0.1, 0.15) is 95.6 Å². The van der Waals surface area contributed by atoms with Crippen LogP contribution in [-0.4, -0.2) is 32.2 Å². The summed E-state index contributed by atoms with van der Waals surface area (Å²) in [4.78, 5) is 36.0. The topological polar surface area (TPSA) is 91.6 Å². The van der Waals surface area contributed by atoms with Crippen LogP contribution in [-0.2, 0) is 16.1 Å². The van der Waals surface area contributed by atoms with Crippen LogP contribution in [0.2, 0.25) is 5.02 Å². The van der Waals surface area contributed by atoms with E-state index in [2.05, 4.69) is 22.7 Å². The summed E-state index contributed by atoms with van der Waals surface area (Å²) in [5.74, 6) is 0.247. The molecule has 8 nitrogen and oxygen atoms in total. The highest BCUT2D eigenvalue weighted by atomic mass is 35.5. The molecule has 2 N–H and O–H groups in total. The number of nitrogens with zero attached hydrogens (tertiary/aromatic N) is 4. The molecule has 46 heavy (non-hydrogen) atoms. The molecular weight excluding hydrogens is 596 g/mol. The Morgan fingerprint density at radius 2 is 1.57 bits per heavy atom. The van der Waals surface area contributed by atoms with E-state index in [1.165, 1.54) is 57.8 Å². The molecule has 5 rings (SSSR count). The molecule has 0 bridgehead atoms. The molecule has 2 heterocycles. The molecule has 1 aliphatic heterocycles. The highest BCUT2D eigenvalue weighted by Gasteiger charge is 2.39. The molecule has 1 unspecified atom stereocenters. The number of anilines is 1. The number of hydrogen-bond acceptors (Lipinski definition) is 4. The highest BCUT2D eigenvalue weighted by molar-refractivity contribution is 6.33. The second-order valence-corrected chi connectivity index (χ2v) is 12.5. The number of fused-ring (bicyclic) bond motifs is 1. The van der Waals surface area contributed by atoms with Gasteiger partial charge in [-0.25, -0.2) is 15.0 Å². The largest absolute Gasteiger partial charge is 0.326 e. The van der Waals surface area contributed by atoms with Crippen molar-refractivity contribution >= 4 is 51.7 Å². The first kappa shape index (κ1) is 33.2. The molecule has 0 aliphatic carbocycles. The zero-order valence-electron chi connectivity index (χ0n) is 26.8. The zero-order chi connectivity index (χ0) is 32.1. The maximum Gasteiger partial charge on any atom is 0.272 e. The number of hydrogen-bond donors (Lipinski definition) is 2. The third-order valence-electron chi connectivity index (χ3n) is 8.43. The van der Waals surface area contributed by atoms with Crippen LogP contribution in [0.3, 0.4) is 0 Å². The van der Waals surface area contributed by atoms with Crippen LogP contribution in [0.4, 0.5) is 11.4 Å². The van der Waals surface area contributed by atoms with Gasteiger partial charge in [0.05, 0.1) is 34.6 Å². The molecule has 1 atom stereocenters. The summed E-state index contributed by atoms with van der Waals surface area (Å²) in [5.41, 5.74) is 6.91. The van der Waals surface area contributed by atoms with Crippen molar-refractivity contribution in [1.29, 1.82) is 0 Å². The minimum absolute atomic E-state index is 0.0252. The number of amidine groups is 1. The lowest BCUT2D eigenvalue weighted by molar-refractivity contribution is -0.132. The molecule has 9 heteroatoms. The molecule has 0 spiro atoms. The molecule has 1 aliphatic rings. The number of halogens is 1. The Morgan fingerprint density at radius 3 is 2.30 bits per heavy atom. The predicted octanol–water partition coefficient (Wildman–Crippen LogP) is 9.15. The fourth-order valence-electron chi connectivity index (χ4n) is 5.90. The van der Waals surface area contributed by atoms with E-state index in [1.54, 1.807) is 29.5 Å². The van der Waals surface area contributed by atoms with E-state index in [1.807, 2.05) is 59.2 Å². The van der Waals surface area contributed by atoms with E-state index in [9.17, 15) is 9.59 Å². The van der Waals surface area contributed by atoms with Gasteiger partial charge >= 0.3 is 0 Å². The summed E-state index contributed by atoms with van der Waals surface area (Å²) < 4.78 is 1.83. The van der Waals surface area contributed by atoms with Crippen LogP contribution >= 0.6 is 11.6 Å². The van der Waals surface area contributed by atoms with Crippen LogP contribution in [0.5, 0.6) is 0 Å². The molecule has 1 fully saturated rings. The lowest BCUT2D eigenvalue weighted by Crippen LogP contribution is -2.35. The molecular formula is C37H45ClN6O2. The van der Waals surface area contributed by atoms with Gasteiger partial charge in [0.1, 0.15) is 0 Å². The number of carbonyl (C=O) groups excluding carboxylic acids is 2. The van der Waals surface area contributed by atoms with Crippen LogP contribution in [0.15, 0.2) is 84.1 Å². The van der Waals surface area contributed by atoms with E-state index < -0.39 is 6.04 Å². The number of aliphatic imine (C=N–C) groups is 1. The van der Waals surface area contributed by atoms with Crippen LogP contribution in [0, 0.1) is 0 Å². The summed E-state index contributed by atoms with van der Waals surface area (Å²) >= 11 is 6.60. The first-order valence-electron chi connectivity index (χ1n) is 16.7. The van der Waals surface area contributed by atoms with Crippen molar-refractivity contribution < 1.29 is 9.59 Å². The van der Waals surface area contributed by atoms with E-state index >= 15 is 0 Å². The Morgan fingerprint density at radius 1 is 0.891 bits per heavy atom. The summed E-state index contributed by atoms with van der Waals surface area (Å²) in [6.07, 6.45) is 15.8. The SMILES string of the molecule is CCCCCCCCCCCCCC(=O)Nc1ccc(Cl)c(N=C2NN(Cc3ccccc3)C(=O)C2n2cnc3ccccc32)c1. The molecule has 1 aromatic heterocycles. The van der Waals surface area contributed by atoms with Gasteiger partial charge in [0.15, 0.2) is 11.9 Å². The second-order valence-electron chi connectivity index (χ2n) is 12.1. The summed E-state index contributed by atoms with van der Waals surface area (Å²) in [6.45, 7) is 2.62. The average Bonchev–Trinajstić information content (AvgIpc) is 3.61. The molecule has 4 aromatic rings. The number of imidazole rings is 1. The highest BCUT2D eigenvalue weighted by Crippen LogP contribution is 2.32. The average molecular weight is 641 g/mol. The van der Waals surface area contributed by atoms with Gasteiger partial charge in [-0.15, -0.1) is 0 Å². The number of amides is 2. The number of benzene rings is 3. The van der Waals surface area contributed by atoms with Crippen molar-refractivity contribution in [3.05, 3.63) is 89.7 Å². The van der Waals surface area contributed by atoms with Crippen molar-refractivity contribution in [1.82, 2.24) is 20.0 Å². The van der Waals surface area contributed by atoms with Crippen LogP contribution < -0.4 is 10.7 Å². The third kappa shape index (κ3) is 8.97. The molecule has 0 radical (unpaired) electrons. The van der Waals surface area contributed by atoms with Gasteiger partial charge in [0.25, 0.3) is 5.91 Å². The Hall–Kier alpha value is -4.17. The predicted molar refractivity (Wildman–Crippen MR) is 187 cm³/mol. The standard InChI is InChI=1S/C37H45ClN6O2/c1-2-3-4-5-6-7-8-9-10-11-15-22-34(45)40-29-23-24-30(38)32(25-29)41-36-35(43-27-39-31-20-16-17-21-33(31)43)37(46)44(42-36)26-28-18-13-12-14-19-28/h12-14,16-21,23-25,27,35H,2-11,15,22,26H2,1H3,(H,40,45)(H,41,42). The van der Waals surface area contributed by atoms with E-state index in [0.717, 1.165) is 29.4 Å². The molecule has 3 aromatic carbocycles. The van der Waals surface area contributed by atoms with Crippen LogP contribution in [0.25, 0.3) is 11.0 Å². The first-order valence-corrected chi connectivity index (χ1v) is 17.1. The fraction of sp³-hybridized carbons (Fsp3) is 0.405. The smallest absolute Gasteiger partial charge is 0.272 e. The lowest BCUT2D eigenvalue weighted by Gasteiger charge is -2.16. The van der Waals surface area contributed by atoms with Crippen molar-refractivity contribution in [2.75, 3.05) is 5.32 Å². The van der Waals surface area contributed by atoms with Gasteiger partial charge in [0.2, 0.25) is 5.91 Å². The van der Waals surface area contributed by atoms with Gasteiger partial charge < -0.3 is 9.88 Å². The summed E-state index contributed by atoms with van der Waals surface area (Å²) in [7, 11) is 0. The van der Waals surface area contributed by atoms with Gasteiger partial charge in [-0.05, 0) is 42.3 Å². The van der Waals surface area contributed by atoms with E-state index in [-0.39, 0.29) is 11.8 Å². The second kappa shape index (κ2) is 16.9. The monoisotopic (exact) mass is 640 g/mol. The Labute approximate surface area is 277 Å². The summed E-state index contributed by atoms with van der Waals surface area (Å²) in [5, 5.41) is 4.99. The Kier molecular flexibility index (Phi) is 12.2. The summed E-state index contributed by atoms with van der Waals surface area (Å²) in [6, 6.07) is 22.0. The van der Waals surface area contributed by atoms with Crippen molar-refractivity contribution in [3.63, 3.8) is 0 Å². The number of carbonyl (C=O) groups is 2. The molecule has 242 valence electrons. The van der Waals surface area contributed by atoms with E-state index in [0.29, 0.717) is 35.2 Å². The molecule has 2 amide bonds. The number of nitrogens with one attached hydrogen (secondary N) is 2. The van der Waals surface area contributed by atoms with Gasteiger partial charge in [-0.3, -0.25) is 15.0 Å². The molecule has 0 saturated carbocycles. The van der Waals surface area contributed by atoms with Crippen molar-refractivity contribution in [2.45, 2.75) is 96.6 Å². The Balaban J connectivity index is 1.22. The number of aromatic nitrogens is 2. The maximum atomic E-state index is 13.8. The molecule has 1 saturated heterocycles. The zero-order valence-corrected chi connectivity index (χ0v) is 27.5. The van der Waals surface area contributed by atoms with Gasteiger partial charge in [-0.2, -0.15) is 0 Å². The minimum Gasteiger partial charge on any atom is -0.326 e. The first-order chi connectivity index (χ1) is 22.5. The minimum atomic E-state index is -0.758. The normalized spacial score (nSPS) is 15.5.